The molecule has 23 heavy (non-hydrogen) atoms. The SMILES string of the molecule is CC(C)Oc1ccc(Oc2cc(C(=O)O)ccc2C(=O)O)cc1. The molecular formula is C17H16O6. The van der Waals surface area contributed by atoms with Crippen LogP contribution < -0.4 is 9.47 Å². The summed E-state index contributed by atoms with van der Waals surface area (Å²) in [6.07, 6.45) is 0.0348. The number of benzene rings is 2. The second kappa shape index (κ2) is 6.83. The third kappa shape index (κ3) is 4.23. The van der Waals surface area contributed by atoms with Crippen LogP contribution in [0.25, 0.3) is 0 Å². The maximum Gasteiger partial charge on any atom is 0.339 e. The molecule has 0 aliphatic heterocycles. The van der Waals surface area contributed by atoms with Gasteiger partial charge in [-0.3, -0.25) is 0 Å². The van der Waals surface area contributed by atoms with E-state index in [1.54, 1.807) is 24.3 Å². The van der Waals surface area contributed by atoms with Crippen LogP contribution in [-0.4, -0.2) is 28.3 Å². The lowest BCUT2D eigenvalue weighted by Crippen LogP contribution is -2.05. The van der Waals surface area contributed by atoms with Gasteiger partial charge in [0.25, 0.3) is 0 Å². The molecule has 0 atom stereocenters. The van der Waals surface area contributed by atoms with Crippen molar-refractivity contribution in [1.82, 2.24) is 0 Å². The molecule has 0 saturated carbocycles. The van der Waals surface area contributed by atoms with E-state index < -0.39 is 11.9 Å². The quantitative estimate of drug-likeness (QED) is 0.844. The first-order valence-electron chi connectivity index (χ1n) is 6.92. The molecule has 0 aliphatic carbocycles. The minimum atomic E-state index is -1.20. The van der Waals surface area contributed by atoms with Crippen molar-refractivity contribution in [3.05, 3.63) is 53.6 Å². The van der Waals surface area contributed by atoms with Crippen LogP contribution >= 0.6 is 0 Å². The third-order valence-electron chi connectivity index (χ3n) is 2.88. The Morgan fingerprint density at radius 1 is 0.913 bits per heavy atom. The van der Waals surface area contributed by atoms with Crippen molar-refractivity contribution < 1.29 is 29.3 Å². The Hall–Kier alpha value is -3.02. The van der Waals surface area contributed by atoms with Crippen LogP contribution in [0.3, 0.4) is 0 Å². The van der Waals surface area contributed by atoms with E-state index in [4.69, 9.17) is 19.7 Å². The molecule has 2 aromatic carbocycles. The van der Waals surface area contributed by atoms with Gasteiger partial charge in [0.15, 0.2) is 0 Å². The second-order valence-corrected chi connectivity index (χ2v) is 5.06. The fourth-order valence-corrected chi connectivity index (χ4v) is 1.90. The molecule has 0 spiro atoms. The highest BCUT2D eigenvalue weighted by Crippen LogP contribution is 2.28. The number of carboxylic acids is 2. The summed E-state index contributed by atoms with van der Waals surface area (Å²) in [6, 6.07) is 10.2. The molecule has 120 valence electrons. The maximum absolute atomic E-state index is 11.2. The van der Waals surface area contributed by atoms with Crippen molar-refractivity contribution in [3.8, 4) is 17.2 Å². The number of aromatic carboxylic acids is 2. The monoisotopic (exact) mass is 316 g/mol. The first kappa shape index (κ1) is 16.4. The van der Waals surface area contributed by atoms with Crippen LogP contribution in [0.5, 0.6) is 17.2 Å². The Bertz CT molecular complexity index is 718. The van der Waals surface area contributed by atoms with Crippen molar-refractivity contribution in [2.75, 3.05) is 0 Å². The van der Waals surface area contributed by atoms with E-state index in [1.165, 1.54) is 18.2 Å². The lowest BCUT2D eigenvalue weighted by molar-refractivity contribution is 0.0678. The Morgan fingerprint density at radius 2 is 1.52 bits per heavy atom. The minimum Gasteiger partial charge on any atom is -0.491 e. The average molecular weight is 316 g/mol. The lowest BCUT2D eigenvalue weighted by atomic mass is 10.1. The fraction of sp³-hybridized carbons (Fsp3) is 0.176. The number of hydrogen-bond acceptors (Lipinski definition) is 4. The van der Waals surface area contributed by atoms with Gasteiger partial charge in [-0.2, -0.15) is 0 Å². The summed E-state index contributed by atoms with van der Waals surface area (Å²) in [4.78, 5) is 22.2. The maximum atomic E-state index is 11.2. The summed E-state index contributed by atoms with van der Waals surface area (Å²) in [5, 5.41) is 18.2. The van der Waals surface area contributed by atoms with Crippen LogP contribution in [0.2, 0.25) is 0 Å². The van der Waals surface area contributed by atoms with E-state index in [9.17, 15) is 9.59 Å². The van der Waals surface area contributed by atoms with Gasteiger partial charge in [0.1, 0.15) is 22.8 Å². The smallest absolute Gasteiger partial charge is 0.339 e. The Balaban J connectivity index is 2.29. The predicted octanol–water partition coefficient (Wildman–Crippen LogP) is 3.66. The van der Waals surface area contributed by atoms with E-state index in [-0.39, 0.29) is 23.0 Å². The first-order valence-corrected chi connectivity index (χ1v) is 6.92. The van der Waals surface area contributed by atoms with Crippen LogP contribution in [-0.2, 0) is 0 Å². The number of rotatable bonds is 6. The molecule has 0 radical (unpaired) electrons. The van der Waals surface area contributed by atoms with Gasteiger partial charge in [0.05, 0.1) is 11.7 Å². The Kier molecular flexibility index (Phi) is 4.85. The van der Waals surface area contributed by atoms with E-state index in [2.05, 4.69) is 0 Å². The normalized spacial score (nSPS) is 10.4. The Morgan fingerprint density at radius 3 is 2.04 bits per heavy atom. The number of carbonyl (C=O) groups is 2. The molecule has 0 saturated heterocycles. The summed E-state index contributed by atoms with van der Waals surface area (Å²) in [5.41, 5.74) is -0.165. The van der Waals surface area contributed by atoms with Gasteiger partial charge in [-0.1, -0.05) is 0 Å². The molecule has 0 aliphatic rings. The summed E-state index contributed by atoms with van der Waals surface area (Å²) in [5.74, 6) is -1.35. The highest BCUT2D eigenvalue weighted by molar-refractivity contribution is 5.94. The summed E-state index contributed by atoms with van der Waals surface area (Å²) in [7, 11) is 0. The highest BCUT2D eigenvalue weighted by atomic mass is 16.5. The van der Waals surface area contributed by atoms with Crippen molar-refractivity contribution in [1.29, 1.82) is 0 Å². The standard InChI is InChI=1S/C17H16O6/c1-10(2)22-12-4-6-13(7-5-12)23-15-9-11(16(18)19)3-8-14(15)17(20)21/h3-10H,1-2H3,(H,18,19)(H,20,21). The van der Waals surface area contributed by atoms with Gasteiger partial charge < -0.3 is 19.7 Å². The molecule has 2 aromatic rings. The predicted molar refractivity (Wildman–Crippen MR) is 82.6 cm³/mol. The van der Waals surface area contributed by atoms with Crippen molar-refractivity contribution >= 4 is 11.9 Å². The largest absolute Gasteiger partial charge is 0.491 e. The Labute approximate surface area is 132 Å². The zero-order chi connectivity index (χ0) is 17.0. The van der Waals surface area contributed by atoms with Crippen LogP contribution in [0, 0.1) is 0 Å². The van der Waals surface area contributed by atoms with E-state index in [0.717, 1.165) is 0 Å². The highest BCUT2D eigenvalue weighted by Gasteiger charge is 2.15. The molecule has 0 fully saturated rings. The molecule has 0 heterocycles. The van der Waals surface area contributed by atoms with Gasteiger partial charge >= 0.3 is 11.9 Å². The van der Waals surface area contributed by atoms with Crippen molar-refractivity contribution in [2.45, 2.75) is 20.0 Å². The molecule has 6 heteroatoms. The number of carboxylic acid groups (broad SMARTS) is 2. The topological polar surface area (TPSA) is 93.1 Å². The molecular weight excluding hydrogens is 300 g/mol. The molecule has 0 unspecified atom stereocenters. The summed E-state index contributed by atoms with van der Waals surface area (Å²) in [6.45, 7) is 3.81. The second-order valence-electron chi connectivity index (χ2n) is 5.06. The summed E-state index contributed by atoms with van der Waals surface area (Å²) < 4.78 is 11.0. The summed E-state index contributed by atoms with van der Waals surface area (Å²) >= 11 is 0. The van der Waals surface area contributed by atoms with Gasteiger partial charge in [-0.25, -0.2) is 9.59 Å². The van der Waals surface area contributed by atoms with Crippen LogP contribution in [0.15, 0.2) is 42.5 Å². The molecule has 0 amide bonds. The first-order chi connectivity index (χ1) is 10.9. The van der Waals surface area contributed by atoms with Crippen molar-refractivity contribution in [3.63, 3.8) is 0 Å². The minimum absolute atomic E-state index is 0.0325. The van der Waals surface area contributed by atoms with E-state index >= 15 is 0 Å². The van der Waals surface area contributed by atoms with Gasteiger partial charge in [-0.15, -0.1) is 0 Å². The number of hydrogen-bond donors (Lipinski definition) is 2. The number of ether oxygens (including phenoxy) is 2. The lowest BCUT2D eigenvalue weighted by Gasteiger charge is -2.12. The van der Waals surface area contributed by atoms with Crippen LogP contribution in [0.4, 0.5) is 0 Å². The van der Waals surface area contributed by atoms with E-state index in [0.29, 0.717) is 11.5 Å². The third-order valence-corrected chi connectivity index (χ3v) is 2.88. The fourth-order valence-electron chi connectivity index (χ4n) is 1.90. The average Bonchev–Trinajstić information content (AvgIpc) is 2.48. The molecule has 2 N–H and O–H groups in total. The molecule has 6 nitrogen and oxygen atoms in total. The molecule has 0 aromatic heterocycles. The van der Waals surface area contributed by atoms with Crippen molar-refractivity contribution in [2.24, 2.45) is 0 Å². The van der Waals surface area contributed by atoms with E-state index in [1.807, 2.05) is 13.8 Å². The van der Waals surface area contributed by atoms with Gasteiger partial charge in [0, 0.05) is 0 Å². The molecule has 2 rings (SSSR count). The van der Waals surface area contributed by atoms with Gasteiger partial charge in [-0.05, 0) is 56.3 Å². The van der Waals surface area contributed by atoms with Crippen LogP contribution in [0.1, 0.15) is 34.6 Å². The van der Waals surface area contributed by atoms with Gasteiger partial charge in [0.2, 0.25) is 0 Å². The molecule has 0 bridgehead atoms. The zero-order valence-electron chi connectivity index (χ0n) is 12.6. The zero-order valence-corrected chi connectivity index (χ0v) is 12.6.